The number of hydrogen-bond acceptors (Lipinski definition) is 4. The monoisotopic (exact) mass is 325 g/mol. The Morgan fingerprint density at radius 1 is 1.21 bits per heavy atom. The smallest absolute Gasteiger partial charge is 0.407 e. The maximum Gasteiger partial charge on any atom is 0.407 e. The van der Waals surface area contributed by atoms with Crippen molar-refractivity contribution in [1.82, 2.24) is 14.9 Å². The van der Waals surface area contributed by atoms with Crippen molar-refractivity contribution in [2.45, 2.75) is 18.9 Å². The average molecular weight is 325 g/mol. The molecule has 4 rings (SSSR count). The molecule has 1 saturated carbocycles. The zero-order valence-electron chi connectivity index (χ0n) is 13.2. The lowest BCUT2D eigenvalue weighted by atomic mass is 10.0. The number of ether oxygens (including phenoxy) is 1. The molecule has 124 valence electrons. The number of fused-ring (bicyclic) bond motifs is 1. The van der Waals surface area contributed by atoms with Crippen LogP contribution in [0.4, 0.5) is 4.79 Å². The third-order valence-electron chi connectivity index (χ3n) is 4.99. The van der Waals surface area contributed by atoms with Crippen LogP contribution >= 0.6 is 0 Å². The molecule has 2 aromatic rings. The number of carbonyl (C=O) groups is 1. The van der Waals surface area contributed by atoms with Crippen molar-refractivity contribution in [2.24, 2.45) is 11.8 Å². The number of aromatic nitrogens is 2. The van der Waals surface area contributed by atoms with Crippen molar-refractivity contribution in [3.8, 4) is 17.0 Å². The maximum absolute atomic E-state index is 11.1. The van der Waals surface area contributed by atoms with Crippen molar-refractivity contribution < 1.29 is 14.6 Å². The van der Waals surface area contributed by atoms with Crippen LogP contribution in [0.2, 0.25) is 0 Å². The van der Waals surface area contributed by atoms with Crippen molar-refractivity contribution in [1.29, 1.82) is 0 Å². The van der Waals surface area contributed by atoms with Crippen molar-refractivity contribution in [3.05, 3.63) is 42.9 Å². The highest BCUT2D eigenvalue weighted by Crippen LogP contribution is 2.40. The van der Waals surface area contributed by atoms with Gasteiger partial charge in [-0.05, 0) is 42.9 Å². The molecule has 6 heteroatoms. The third-order valence-corrected chi connectivity index (χ3v) is 4.99. The van der Waals surface area contributed by atoms with Gasteiger partial charge >= 0.3 is 6.09 Å². The molecule has 1 N–H and O–H groups in total. The van der Waals surface area contributed by atoms with E-state index in [0.717, 1.165) is 29.8 Å². The van der Waals surface area contributed by atoms with Gasteiger partial charge in [0.1, 0.15) is 12.1 Å². The van der Waals surface area contributed by atoms with Crippen LogP contribution in [0.25, 0.3) is 11.3 Å². The van der Waals surface area contributed by atoms with Gasteiger partial charge in [-0.15, -0.1) is 0 Å². The van der Waals surface area contributed by atoms with Crippen LogP contribution in [0.1, 0.15) is 12.8 Å². The van der Waals surface area contributed by atoms with E-state index in [-0.39, 0.29) is 6.10 Å². The van der Waals surface area contributed by atoms with Gasteiger partial charge in [-0.1, -0.05) is 12.1 Å². The van der Waals surface area contributed by atoms with Crippen molar-refractivity contribution in [3.63, 3.8) is 0 Å². The SMILES string of the molecule is O=C(O)N1C[C@H]2C[C@H](Oc3cccc(-c4ccncn4)c3)C[C@H]2C1. The standard InChI is InChI=1S/C18H19N3O3/c22-18(23)21-9-13-7-16(8-14(13)10-21)24-15-3-1-2-12(6-15)17-4-5-19-11-20-17/h1-6,11,13-14,16H,7-10H2,(H,22,23)/t13-,14+,16+. The Balaban J connectivity index is 1.42. The Kier molecular flexibility index (Phi) is 3.80. The molecule has 0 bridgehead atoms. The van der Waals surface area contributed by atoms with E-state index in [0.29, 0.717) is 24.9 Å². The first-order valence-electron chi connectivity index (χ1n) is 8.20. The largest absolute Gasteiger partial charge is 0.490 e. The summed E-state index contributed by atoms with van der Waals surface area (Å²) in [5.41, 5.74) is 1.88. The molecule has 0 unspecified atom stereocenters. The van der Waals surface area contributed by atoms with Gasteiger partial charge in [-0.3, -0.25) is 0 Å². The van der Waals surface area contributed by atoms with Crippen LogP contribution in [0.15, 0.2) is 42.9 Å². The topological polar surface area (TPSA) is 75.5 Å². The first kappa shape index (κ1) is 14.9. The highest BCUT2D eigenvalue weighted by Gasteiger charge is 2.43. The minimum atomic E-state index is -0.806. The van der Waals surface area contributed by atoms with Crippen LogP contribution in [-0.4, -0.2) is 45.3 Å². The Bertz CT molecular complexity index is 723. The van der Waals surface area contributed by atoms with Crippen LogP contribution in [0.5, 0.6) is 5.75 Å². The molecular weight excluding hydrogens is 306 g/mol. The molecule has 2 fully saturated rings. The fourth-order valence-corrected chi connectivity index (χ4v) is 3.88. The van der Waals surface area contributed by atoms with Gasteiger partial charge in [0, 0.05) is 24.8 Å². The molecule has 24 heavy (non-hydrogen) atoms. The summed E-state index contributed by atoms with van der Waals surface area (Å²) in [5.74, 6) is 1.69. The van der Waals surface area contributed by atoms with E-state index < -0.39 is 6.09 Å². The zero-order chi connectivity index (χ0) is 16.5. The lowest BCUT2D eigenvalue weighted by Gasteiger charge is -2.18. The van der Waals surface area contributed by atoms with E-state index in [2.05, 4.69) is 9.97 Å². The number of likely N-dealkylation sites (tertiary alicyclic amines) is 1. The first-order valence-corrected chi connectivity index (χ1v) is 8.20. The summed E-state index contributed by atoms with van der Waals surface area (Å²) in [6.45, 7) is 1.28. The van der Waals surface area contributed by atoms with E-state index in [1.165, 1.54) is 11.2 Å². The van der Waals surface area contributed by atoms with Crippen LogP contribution in [0, 0.1) is 11.8 Å². The van der Waals surface area contributed by atoms with E-state index in [1.807, 2.05) is 30.3 Å². The number of carboxylic acid groups (broad SMARTS) is 1. The quantitative estimate of drug-likeness (QED) is 0.939. The van der Waals surface area contributed by atoms with Crippen LogP contribution < -0.4 is 4.74 Å². The Labute approximate surface area is 140 Å². The van der Waals surface area contributed by atoms with Gasteiger partial charge in [-0.25, -0.2) is 14.8 Å². The van der Waals surface area contributed by atoms with Gasteiger partial charge in [0.15, 0.2) is 0 Å². The summed E-state index contributed by atoms with van der Waals surface area (Å²) < 4.78 is 6.16. The first-order chi connectivity index (χ1) is 11.7. The summed E-state index contributed by atoms with van der Waals surface area (Å²) in [4.78, 5) is 20.8. The number of nitrogens with zero attached hydrogens (tertiary/aromatic N) is 3. The molecule has 6 nitrogen and oxygen atoms in total. The summed E-state index contributed by atoms with van der Waals surface area (Å²) in [7, 11) is 0. The Hall–Kier alpha value is -2.63. The van der Waals surface area contributed by atoms with E-state index in [9.17, 15) is 4.79 Å². The minimum Gasteiger partial charge on any atom is -0.490 e. The molecule has 1 aromatic carbocycles. The minimum absolute atomic E-state index is 0.164. The van der Waals surface area contributed by atoms with Gasteiger partial charge < -0.3 is 14.7 Å². The van der Waals surface area contributed by atoms with E-state index in [1.54, 1.807) is 6.20 Å². The summed E-state index contributed by atoms with van der Waals surface area (Å²) in [5, 5.41) is 9.09. The predicted molar refractivity (Wildman–Crippen MR) is 87.7 cm³/mol. The molecule has 0 radical (unpaired) electrons. The predicted octanol–water partition coefficient (Wildman–Crippen LogP) is 2.91. The summed E-state index contributed by atoms with van der Waals surface area (Å²) in [6, 6.07) is 9.81. The van der Waals surface area contributed by atoms with Crippen molar-refractivity contribution >= 4 is 6.09 Å². The van der Waals surface area contributed by atoms with Crippen LogP contribution in [-0.2, 0) is 0 Å². The van der Waals surface area contributed by atoms with Gasteiger partial charge in [0.05, 0.1) is 11.8 Å². The van der Waals surface area contributed by atoms with Crippen LogP contribution in [0.3, 0.4) is 0 Å². The van der Waals surface area contributed by atoms with Gasteiger partial charge in [0.2, 0.25) is 0 Å². The summed E-state index contributed by atoms with van der Waals surface area (Å²) in [6.07, 6.45) is 4.46. The molecule has 1 aliphatic heterocycles. The van der Waals surface area contributed by atoms with Gasteiger partial charge in [0.25, 0.3) is 0 Å². The highest BCUT2D eigenvalue weighted by molar-refractivity contribution is 5.65. The fraction of sp³-hybridized carbons (Fsp3) is 0.389. The number of rotatable bonds is 3. The second-order valence-electron chi connectivity index (χ2n) is 6.54. The molecule has 2 aliphatic rings. The number of hydrogen-bond donors (Lipinski definition) is 1. The fourth-order valence-electron chi connectivity index (χ4n) is 3.88. The average Bonchev–Trinajstić information content (AvgIpc) is 3.14. The molecule has 2 heterocycles. The Morgan fingerprint density at radius 2 is 2.00 bits per heavy atom. The molecule has 0 spiro atoms. The highest BCUT2D eigenvalue weighted by atomic mass is 16.5. The number of benzene rings is 1. The molecular formula is C18H19N3O3. The van der Waals surface area contributed by atoms with E-state index in [4.69, 9.17) is 9.84 Å². The zero-order valence-corrected chi connectivity index (χ0v) is 13.2. The third kappa shape index (κ3) is 2.91. The molecule has 1 aliphatic carbocycles. The lowest BCUT2D eigenvalue weighted by molar-refractivity contribution is 0.144. The van der Waals surface area contributed by atoms with Gasteiger partial charge in [-0.2, -0.15) is 0 Å². The normalized spacial score (nSPS) is 25.5. The second kappa shape index (κ2) is 6.11. The second-order valence-corrected chi connectivity index (χ2v) is 6.54. The Morgan fingerprint density at radius 3 is 2.67 bits per heavy atom. The molecule has 1 amide bonds. The lowest BCUT2D eigenvalue weighted by Crippen LogP contribution is -2.29. The molecule has 1 aromatic heterocycles. The van der Waals surface area contributed by atoms with E-state index >= 15 is 0 Å². The molecule has 3 atom stereocenters. The van der Waals surface area contributed by atoms with Crippen molar-refractivity contribution in [2.75, 3.05) is 13.1 Å². The maximum atomic E-state index is 11.1. The summed E-state index contributed by atoms with van der Waals surface area (Å²) >= 11 is 0. The number of amides is 1. The molecule has 1 saturated heterocycles.